The molecule has 0 aliphatic carbocycles. The van der Waals surface area contributed by atoms with E-state index in [1.165, 1.54) is 0 Å². The maximum absolute atomic E-state index is 12.3. The third-order valence-corrected chi connectivity index (χ3v) is 5.46. The fourth-order valence-corrected chi connectivity index (χ4v) is 3.26. The van der Waals surface area contributed by atoms with Crippen LogP contribution in [0.15, 0.2) is 58.4 Å². The van der Waals surface area contributed by atoms with Gasteiger partial charge >= 0.3 is 0 Å². The Kier molecular flexibility index (Phi) is 6.76. The van der Waals surface area contributed by atoms with Gasteiger partial charge < -0.3 is 9.64 Å². The van der Waals surface area contributed by atoms with E-state index >= 15 is 0 Å². The molecular formula is C19H25N3O3S. The van der Waals surface area contributed by atoms with Gasteiger partial charge in [0.15, 0.2) is 0 Å². The summed E-state index contributed by atoms with van der Waals surface area (Å²) in [6, 6.07) is 14.2. The SMILES string of the molecule is COc1ccc(N=C(C)N(C)CCNS(=O)(=O)c2ccc(C)cc2)cc1. The van der Waals surface area contributed by atoms with Crippen LogP contribution in [0.2, 0.25) is 0 Å². The average molecular weight is 375 g/mol. The van der Waals surface area contributed by atoms with Gasteiger partial charge in [-0.3, -0.25) is 0 Å². The molecule has 26 heavy (non-hydrogen) atoms. The van der Waals surface area contributed by atoms with Crippen LogP contribution in [0.25, 0.3) is 0 Å². The zero-order chi connectivity index (χ0) is 19.2. The molecule has 2 aromatic carbocycles. The summed E-state index contributed by atoms with van der Waals surface area (Å²) >= 11 is 0. The fourth-order valence-electron chi connectivity index (χ4n) is 2.24. The number of aryl methyl sites for hydroxylation is 1. The Morgan fingerprint density at radius 1 is 1.12 bits per heavy atom. The van der Waals surface area contributed by atoms with Crippen LogP contribution in [0.3, 0.4) is 0 Å². The van der Waals surface area contributed by atoms with E-state index in [-0.39, 0.29) is 4.90 Å². The first-order valence-electron chi connectivity index (χ1n) is 8.28. The molecule has 0 fully saturated rings. The molecule has 140 valence electrons. The Balaban J connectivity index is 1.91. The predicted octanol–water partition coefficient (Wildman–Crippen LogP) is 2.96. The highest BCUT2D eigenvalue weighted by molar-refractivity contribution is 7.89. The second kappa shape index (κ2) is 8.82. The van der Waals surface area contributed by atoms with E-state index in [0.29, 0.717) is 13.1 Å². The van der Waals surface area contributed by atoms with Crippen molar-refractivity contribution in [2.75, 3.05) is 27.2 Å². The van der Waals surface area contributed by atoms with Gasteiger partial charge in [-0.05, 0) is 50.2 Å². The number of sulfonamides is 1. The van der Waals surface area contributed by atoms with Crippen LogP contribution in [0.5, 0.6) is 5.75 Å². The van der Waals surface area contributed by atoms with Crippen molar-refractivity contribution in [3.05, 3.63) is 54.1 Å². The number of benzene rings is 2. The monoisotopic (exact) mass is 375 g/mol. The molecule has 7 heteroatoms. The molecule has 0 saturated heterocycles. The standard InChI is InChI=1S/C19H25N3O3S/c1-15-5-11-19(12-6-15)26(23,24)20-13-14-22(3)16(2)21-17-7-9-18(25-4)10-8-17/h5-12,20H,13-14H2,1-4H3. The van der Waals surface area contributed by atoms with E-state index < -0.39 is 10.0 Å². The molecule has 0 atom stereocenters. The molecule has 0 bridgehead atoms. The molecular weight excluding hydrogens is 350 g/mol. The molecule has 0 amide bonds. The zero-order valence-electron chi connectivity index (χ0n) is 15.6. The van der Waals surface area contributed by atoms with Gasteiger partial charge in [0.05, 0.1) is 17.7 Å². The first-order valence-corrected chi connectivity index (χ1v) is 9.77. The maximum Gasteiger partial charge on any atom is 0.240 e. The lowest BCUT2D eigenvalue weighted by Gasteiger charge is -2.19. The predicted molar refractivity (Wildman–Crippen MR) is 105 cm³/mol. The van der Waals surface area contributed by atoms with Crippen molar-refractivity contribution < 1.29 is 13.2 Å². The minimum Gasteiger partial charge on any atom is -0.497 e. The zero-order valence-corrected chi connectivity index (χ0v) is 16.4. The van der Waals surface area contributed by atoms with Gasteiger partial charge in [-0.25, -0.2) is 18.1 Å². The number of hydrogen-bond acceptors (Lipinski definition) is 4. The van der Waals surface area contributed by atoms with Crippen molar-refractivity contribution in [2.24, 2.45) is 4.99 Å². The fraction of sp³-hybridized carbons (Fsp3) is 0.316. The van der Waals surface area contributed by atoms with E-state index in [2.05, 4.69) is 9.71 Å². The van der Waals surface area contributed by atoms with Crippen molar-refractivity contribution >= 4 is 21.5 Å². The van der Waals surface area contributed by atoms with Crippen LogP contribution in [0.4, 0.5) is 5.69 Å². The van der Waals surface area contributed by atoms with Gasteiger partial charge in [-0.1, -0.05) is 17.7 Å². The molecule has 0 radical (unpaired) electrons. The van der Waals surface area contributed by atoms with Crippen molar-refractivity contribution in [1.29, 1.82) is 0 Å². The summed E-state index contributed by atoms with van der Waals surface area (Å²) in [7, 11) is 0.00209. The highest BCUT2D eigenvalue weighted by Crippen LogP contribution is 2.18. The summed E-state index contributed by atoms with van der Waals surface area (Å²) in [6.45, 7) is 4.61. The van der Waals surface area contributed by atoms with Gasteiger partial charge in [0.1, 0.15) is 11.6 Å². The van der Waals surface area contributed by atoms with E-state index in [4.69, 9.17) is 4.74 Å². The Morgan fingerprint density at radius 2 is 1.73 bits per heavy atom. The summed E-state index contributed by atoms with van der Waals surface area (Å²) < 4.78 is 32.3. The Hall–Kier alpha value is -2.38. The van der Waals surface area contributed by atoms with Gasteiger partial charge in [-0.2, -0.15) is 0 Å². The highest BCUT2D eigenvalue weighted by atomic mass is 32.2. The van der Waals surface area contributed by atoms with Crippen LogP contribution >= 0.6 is 0 Å². The maximum atomic E-state index is 12.3. The summed E-state index contributed by atoms with van der Waals surface area (Å²) in [5, 5.41) is 0. The number of likely N-dealkylation sites (N-methyl/N-ethyl adjacent to an activating group) is 1. The van der Waals surface area contributed by atoms with Crippen LogP contribution in [-0.4, -0.2) is 46.4 Å². The van der Waals surface area contributed by atoms with Crippen molar-refractivity contribution in [3.8, 4) is 5.75 Å². The van der Waals surface area contributed by atoms with Crippen molar-refractivity contribution in [2.45, 2.75) is 18.7 Å². The molecule has 0 aliphatic rings. The third-order valence-electron chi connectivity index (χ3n) is 3.99. The van der Waals surface area contributed by atoms with Crippen LogP contribution in [-0.2, 0) is 10.0 Å². The summed E-state index contributed by atoms with van der Waals surface area (Å²) in [5.41, 5.74) is 1.84. The first kappa shape index (κ1) is 19.9. The second-order valence-electron chi connectivity index (χ2n) is 5.99. The average Bonchev–Trinajstić information content (AvgIpc) is 2.62. The molecule has 0 saturated carbocycles. The molecule has 2 aromatic rings. The van der Waals surface area contributed by atoms with Gasteiger partial charge in [-0.15, -0.1) is 0 Å². The second-order valence-corrected chi connectivity index (χ2v) is 7.76. The lowest BCUT2D eigenvalue weighted by Crippen LogP contribution is -2.35. The quantitative estimate of drug-likeness (QED) is 0.597. The number of nitrogens with one attached hydrogen (secondary N) is 1. The molecule has 0 aliphatic heterocycles. The van der Waals surface area contributed by atoms with E-state index in [9.17, 15) is 8.42 Å². The third kappa shape index (κ3) is 5.57. The van der Waals surface area contributed by atoms with Gasteiger partial charge in [0.2, 0.25) is 10.0 Å². The Morgan fingerprint density at radius 3 is 2.31 bits per heavy atom. The normalized spacial score (nSPS) is 12.1. The molecule has 0 unspecified atom stereocenters. The van der Waals surface area contributed by atoms with E-state index in [0.717, 1.165) is 22.8 Å². The van der Waals surface area contributed by atoms with Crippen LogP contribution in [0.1, 0.15) is 12.5 Å². The Labute approximate surface area is 155 Å². The molecule has 2 rings (SSSR count). The molecule has 1 N–H and O–H groups in total. The minimum atomic E-state index is -3.50. The number of ether oxygens (including phenoxy) is 1. The van der Waals surface area contributed by atoms with Crippen LogP contribution in [0, 0.1) is 6.92 Å². The number of aliphatic imine (C=N–C) groups is 1. The summed E-state index contributed by atoms with van der Waals surface area (Å²) in [6.07, 6.45) is 0. The largest absolute Gasteiger partial charge is 0.497 e. The highest BCUT2D eigenvalue weighted by Gasteiger charge is 2.13. The first-order chi connectivity index (χ1) is 12.3. The van der Waals surface area contributed by atoms with Crippen LogP contribution < -0.4 is 9.46 Å². The van der Waals surface area contributed by atoms with E-state index in [1.807, 2.05) is 50.1 Å². The molecule has 0 spiro atoms. The minimum absolute atomic E-state index is 0.273. The summed E-state index contributed by atoms with van der Waals surface area (Å²) in [5.74, 6) is 1.57. The van der Waals surface area contributed by atoms with Crippen molar-refractivity contribution in [3.63, 3.8) is 0 Å². The molecule has 0 heterocycles. The Bertz CT molecular complexity index is 845. The number of methoxy groups -OCH3 is 1. The van der Waals surface area contributed by atoms with E-state index in [1.54, 1.807) is 31.4 Å². The lowest BCUT2D eigenvalue weighted by atomic mass is 10.2. The molecule has 6 nitrogen and oxygen atoms in total. The summed E-state index contributed by atoms with van der Waals surface area (Å²) in [4.78, 5) is 6.70. The number of amidine groups is 1. The number of nitrogens with zero attached hydrogens (tertiary/aromatic N) is 2. The number of rotatable bonds is 7. The van der Waals surface area contributed by atoms with Crippen molar-refractivity contribution in [1.82, 2.24) is 9.62 Å². The topological polar surface area (TPSA) is 71.0 Å². The number of hydrogen-bond donors (Lipinski definition) is 1. The lowest BCUT2D eigenvalue weighted by molar-refractivity contribution is 0.415. The van der Waals surface area contributed by atoms with Gasteiger partial charge in [0.25, 0.3) is 0 Å². The smallest absolute Gasteiger partial charge is 0.240 e. The van der Waals surface area contributed by atoms with Gasteiger partial charge in [0, 0.05) is 20.1 Å². The molecule has 0 aromatic heterocycles.